The van der Waals surface area contributed by atoms with Crippen LogP contribution in [0, 0.1) is 11.3 Å². The van der Waals surface area contributed by atoms with Crippen LogP contribution in [0.5, 0.6) is 0 Å². The Morgan fingerprint density at radius 1 is 0.731 bits per heavy atom. The summed E-state index contributed by atoms with van der Waals surface area (Å²) in [6.45, 7) is 10.6. The van der Waals surface area contributed by atoms with Crippen LogP contribution in [0.1, 0.15) is 40.5 Å². The van der Waals surface area contributed by atoms with E-state index in [-0.39, 0.29) is 24.4 Å². The third kappa shape index (κ3) is 10.2. The van der Waals surface area contributed by atoms with Gasteiger partial charge in [-0.2, -0.15) is 0 Å². The molecule has 5 atom stereocenters. The van der Waals surface area contributed by atoms with Crippen LogP contribution in [0.2, 0.25) is 0 Å². The Bertz CT molecular complexity index is 331. The second kappa shape index (κ2) is 13.9. The van der Waals surface area contributed by atoms with Crippen molar-refractivity contribution in [3.63, 3.8) is 0 Å². The molecule has 6 nitrogen and oxygen atoms in total. The Kier molecular flexibility index (Phi) is 13.7. The summed E-state index contributed by atoms with van der Waals surface area (Å²) in [4.78, 5) is 0. The van der Waals surface area contributed by atoms with E-state index in [1.807, 2.05) is 0 Å². The second-order valence-electron chi connectivity index (χ2n) is 8.14. The maximum absolute atomic E-state index is 5.89. The predicted molar refractivity (Wildman–Crippen MR) is 104 cm³/mol. The minimum Gasteiger partial charge on any atom is -0.382 e. The van der Waals surface area contributed by atoms with E-state index < -0.39 is 0 Å². The fourth-order valence-corrected chi connectivity index (χ4v) is 3.38. The van der Waals surface area contributed by atoms with Gasteiger partial charge in [0, 0.05) is 42.2 Å². The van der Waals surface area contributed by atoms with Crippen molar-refractivity contribution in [3.8, 4) is 0 Å². The molecule has 0 aromatic rings. The smallest absolute Gasteiger partial charge is 0.114 e. The lowest BCUT2D eigenvalue weighted by Gasteiger charge is -2.34. The molecule has 1 unspecified atom stereocenters. The Balaban J connectivity index is 4.60. The minimum atomic E-state index is -0.322. The summed E-state index contributed by atoms with van der Waals surface area (Å²) >= 11 is 0. The molecule has 6 heteroatoms. The van der Waals surface area contributed by atoms with Gasteiger partial charge >= 0.3 is 0 Å². The SMILES string of the molecule is COC[C@@H](OC)[C@@H](OC)[C@H](OC)[C@H](COCCC(C)CC(C)(C)C)OC. The van der Waals surface area contributed by atoms with Crippen LogP contribution in [0.4, 0.5) is 0 Å². The molecule has 158 valence electrons. The van der Waals surface area contributed by atoms with Gasteiger partial charge in [0.15, 0.2) is 0 Å². The standard InChI is InChI=1S/C20H42O6/c1-15(12-20(2,3)4)10-11-26-14-17(23-7)19(25-9)18(24-8)16(22-6)13-21-5/h15-19H,10-14H2,1-9H3/t15?,16-,17+,18-,19-/m1/s1. The van der Waals surface area contributed by atoms with E-state index >= 15 is 0 Å². The Morgan fingerprint density at radius 2 is 1.23 bits per heavy atom. The zero-order valence-electron chi connectivity index (χ0n) is 18.4. The lowest BCUT2D eigenvalue weighted by atomic mass is 9.84. The molecule has 0 radical (unpaired) electrons. The highest BCUT2D eigenvalue weighted by molar-refractivity contribution is 4.85. The van der Waals surface area contributed by atoms with Crippen molar-refractivity contribution >= 4 is 0 Å². The van der Waals surface area contributed by atoms with Gasteiger partial charge in [0.1, 0.15) is 24.4 Å². The zero-order chi connectivity index (χ0) is 20.2. The summed E-state index contributed by atoms with van der Waals surface area (Å²) in [6.07, 6.45) is 1.07. The predicted octanol–water partition coefficient (Wildman–Crippen LogP) is 3.17. The molecule has 0 saturated carbocycles. The van der Waals surface area contributed by atoms with Gasteiger partial charge in [-0.05, 0) is 24.2 Å². The Morgan fingerprint density at radius 3 is 1.62 bits per heavy atom. The first-order chi connectivity index (χ1) is 12.2. The molecule has 0 bridgehead atoms. The highest BCUT2D eigenvalue weighted by atomic mass is 16.6. The summed E-state index contributed by atoms with van der Waals surface area (Å²) in [5, 5.41) is 0. The lowest BCUT2D eigenvalue weighted by molar-refractivity contribution is -0.168. The molecule has 0 amide bonds. The number of hydrogen-bond donors (Lipinski definition) is 0. The van der Waals surface area contributed by atoms with Gasteiger partial charge in [0.2, 0.25) is 0 Å². The molecule has 0 aromatic carbocycles. The molecule has 0 spiro atoms. The second-order valence-corrected chi connectivity index (χ2v) is 8.14. The van der Waals surface area contributed by atoms with Gasteiger partial charge < -0.3 is 28.4 Å². The normalized spacial score (nSPS) is 18.3. The molecule has 26 heavy (non-hydrogen) atoms. The fourth-order valence-electron chi connectivity index (χ4n) is 3.38. The van der Waals surface area contributed by atoms with Crippen molar-refractivity contribution in [2.75, 3.05) is 55.4 Å². The maximum Gasteiger partial charge on any atom is 0.114 e. The summed E-state index contributed by atoms with van der Waals surface area (Å²) in [5.74, 6) is 0.625. The Labute approximate surface area is 160 Å². The number of methoxy groups -OCH3 is 5. The topological polar surface area (TPSA) is 55.4 Å². The molecule has 0 N–H and O–H groups in total. The van der Waals surface area contributed by atoms with E-state index in [1.165, 1.54) is 6.42 Å². The molecule has 0 saturated heterocycles. The van der Waals surface area contributed by atoms with Gasteiger partial charge in [-0.3, -0.25) is 0 Å². The fraction of sp³-hybridized carbons (Fsp3) is 1.00. The van der Waals surface area contributed by atoms with Crippen molar-refractivity contribution in [1.29, 1.82) is 0 Å². The number of hydrogen-bond acceptors (Lipinski definition) is 6. The van der Waals surface area contributed by atoms with Crippen LogP contribution < -0.4 is 0 Å². The van der Waals surface area contributed by atoms with Crippen LogP contribution in [0.15, 0.2) is 0 Å². The average molecular weight is 379 g/mol. The van der Waals surface area contributed by atoms with E-state index in [4.69, 9.17) is 28.4 Å². The van der Waals surface area contributed by atoms with E-state index in [1.54, 1.807) is 35.5 Å². The third-order valence-electron chi connectivity index (χ3n) is 4.54. The van der Waals surface area contributed by atoms with Crippen LogP contribution in [0.3, 0.4) is 0 Å². The van der Waals surface area contributed by atoms with Crippen LogP contribution in [-0.4, -0.2) is 79.8 Å². The van der Waals surface area contributed by atoms with Crippen molar-refractivity contribution in [2.45, 2.75) is 65.0 Å². The van der Waals surface area contributed by atoms with Crippen LogP contribution >= 0.6 is 0 Å². The van der Waals surface area contributed by atoms with Crippen molar-refractivity contribution in [2.24, 2.45) is 11.3 Å². The van der Waals surface area contributed by atoms with Crippen molar-refractivity contribution < 1.29 is 28.4 Å². The maximum atomic E-state index is 5.89. The Hall–Kier alpha value is -0.240. The molecule has 0 aliphatic heterocycles. The number of ether oxygens (including phenoxy) is 6. The summed E-state index contributed by atoms with van der Waals surface area (Å²) in [7, 11) is 8.22. The van der Waals surface area contributed by atoms with E-state index in [0.717, 1.165) is 6.42 Å². The van der Waals surface area contributed by atoms with E-state index in [0.29, 0.717) is 31.2 Å². The quantitative estimate of drug-likeness (QED) is 0.408. The minimum absolute atomic E-state index is 0.251. The van der Waals surface area contributed by atoms with Gasteiger partial charge in [-0.25, -0.2) is 0 Å². The molecular weight excluding hydrogens is 336 g/mol. The summed E-state index contributed by atoms with van der Waals surface area (Å²) in [5.41, 5.74) is 0.345. The van der Waals surface area contributed by atoms with Gasteiger partial charge in [-0.1, -0.05) is 27.7 Å². The first kappa shape index (κ1) is 25.8. The third-order valence-corrected chi connectivity index (χ3v) is 4.54. The monoisotopic (exact) mass is 378 g/mol. The van der Waals surface area contributed by atoms with Crippen molar-refractivity contribution in [1.82, 2.24) is 0 Å². The lowest BCUT2D eigenvalue weighted by Crippen LogP contribution is -2.51. The van der Waals surface area contributed by atoms with E-state index in [9.17, 15) is 0 Å². The first-order valence-corrected chi connectivity index (χ1v) is 9.41. The summed E-state index contributed by atoms with van der Waals surface area (Å²) < 4.78 is 33.5. The molecule has 0 fully saturated rings. The van der Waals surface area contributed by atoms with Gasteiger partial charge in [0.05, 0.1) is 13.2 Å². The van der Waals surface area contributed by atoms with E-state index in [2.05, 4.69) is 27.7 Å². The van der Waals surface area contributed by atoms with Crippen molar-refractivity contribution in [3.05, 3.63) is 0 Å². The van der Waals surface area contributed by atoms with Gasteiger partial charge in [-0.15, -0.1) is 0 Å². The molecule has 0 heterocycles. The molecule has 0 aliphatic carbocycles. The average Bonchev–Trinajstić information content (AvgIpc) is 2.57. The summed E-state index contributed by atoms with van der Waals surface area (Å²) in [6, 6.07) is 0. The highest BCUT2D eigenvalue weighted by Gasteiger charge is 2.36. The largest absolute Gasteiger partial charge is 0.382 e. The molecule has 0 rings (SSSR count). The first-order valence-electron chi connectivity index (χ1n) is 9.41. The highest BCUT2D eigenvalue weighted by Crippen LogP contribution is 2.26. The number of rotatable bonds is 15. The molecular formula is C20H42O6. The zero-order valence-corrected chi connectivity index (χ0v) is 18.4. The molecule has 0 aromatic heterocycles. The van der Waals surface area contributed by atoms with Gasteiger partial charge in [0.25, 0.3) is 0 Å². The molecule has 0 aliphatic rings. The van der Waals surface area contributed by atoms with Crippen LogP contribution in [-0.2, 0) is 28.4 Å². The van der Waals surface area contributed by atoms with Crippen LogP contribution in [0.25, 0.3) is 0 Å².